The van der Waals surface area contributed by atoms with Gasteiger partial charge in [0.1, 0.15) is 0 Å². The van der Waals surface area contributed by atoms with Crippen LogP contribution < -0.4 is 5.73 Å². The molecule has 19 heavy (non-hydrogen) atoms. The Labute approximate surface area is 112 Å². The zero-order chi connectivity index (χ0) is 13.5. The fourth-order valence-corrected chi connectivity index (χ4v) is 1.56. The van der Waals surface area contributed by atoms with Crippen molar-refractivity contribution >= 4 is 12.0 Å². The molecule has 0 aliphatic rings. The Balaban J connectivity index is 2.21. The lowest BCUT2D eigenvalue weighted by Crippen LogP contribution is -2.05. The number of carbonyl (C=O) groups excluding carboxylic acids is 1. The highest BCUT2D eigenvalue weighted by atomic mass is 16.1. The van der Waals surface area contributed by atoms with Crippen LogP contribution in [0.15, 0.2) is 60.7 Å². The summed E-state index contributed by atoms with van der Waals surface area (Å²) in [6, 6.07) is 17.4. The zero-order valence-electron chi connectivity index (χ0n) is 10.3. The smallest absolute Gasteiger partial charge is 0.241 e. The van der Waals surface area contributed by atoms with Crippen LogP contribution in [0, 0.1) is 11.8 Å². The first-order valence-electron chi connectivity index (χ1n) is 5.89. The van der Waals surface area contributed by atoms with Gasteiger partial charge in [-0.3, -0.25) is 4.79 Å². The molecule has 92 valence electrons. The summed E-state index contributed by atoms with van der Waals surface area (Å²) in [5.74, 6) is 5.72. The lowest BCUT2D eigenvalue weighted by Gasteiger charge is -1.94. The number of nitrogens with two attached hydrogens (primary N) is 1. The molecule has 0 aromatic heterocycles. The van der Waals surface area contributed by atoms with Crippen molar-refractivity contribution in [1.82, 2.24) is 0 Å². The topological polar surface area (TPSA) is 43.1 Å². The third-order valence-corrected chi connectivity index (χ3v) is 2.45. The summed E-state index contributed by atoms with van der Waals surface area (Å²) >= 11 is 0. The summed E-state index contributed by atoms with van der Waals surface area (Å²) < 4.78 is 0. The minimum atomic E-state index is -0.458. The summed E-state index contributed by atoms with van der Waals surface area (Å²) in [5, 5.41) is 0. The molecular formula is C17H13NO. The van der Waals surface area contributed by atoms with Gasteiger partial charge in [-0.15, -0.1) is 0 Å². The molecule has 0 bridgehead atoms. The van der Waals surface area contributed by atoms with Gasteiger partial charge in [0.2, 0.25) is 5.91 Å². The third kappa shape index (κ3) is 4.18. The average molecular weight is 247 g/mol. The van der Waals surface area contributed by atoms with Crippen LogP contribution in [0.2, 0.25) is 0 Å². The molecule has 0 saturated carbocycles. The first-order valence-corrected chi connectivity index (χ1v) is 5.89. The van der Waals surface area contributed by atoms with Crippen molar-refractivity contribution in [2.45, 2.75) is 0 Å². The second kappa shape index (κ2) is 6.23. The second-order valence-electron chi connectivity index (χ2n) is 3.98. The minimum absolute atomic E-state index is 0.458. The van der Waals surface area contributed by atoms with Crippen LogP contribution in [-0.4, -0.2) is 5.91 Å². The molecule has 2 aromatic carbocycles. The Morgan fingerprint density at radius 2 is 1.63 bits per heavy atom. The normalized spacial score (nSPS) is 9.89. The Morgan fingerprint density at radius 3 is 2.37 bits per heavy atom. The van der Waals surface area contributed by atoms with Gasteiger partial charge in [-0.25, -0.2) is 0 Å². The molecule has 0 radical (unpaired) electrons. The summed E-state index contributed by atoms with van der Waals surface area (Å²) in [6.45, 7) is 0. The Kier molecular flexibility index (Phi) is 4.15. The maximum Gasteiger partial charge on any atom is 0.241 e. The maximum atomic E-state index is 10.7. The molecule has 0 aliphatic carbocycles. The summed E-state index contributed by atoms with van der Waals surface area (Å²) in [7, 11) is 0. The standard InChI is InChI=1S/C17H13NO/c18-17(19)12-11-16-8-4-7-15(13-16)10-9-14-5-2-1-3-6-14/h1-8,11-13H,(H2,18,19)/b12-11-. The monoisotopic (exact) mass is 247 g/mol. The SMILES string of the molecule is NC(=O)/C=C\c1cccc(C#Cc2ccccc2)c1. The lowest BCUT2D eigenvalue weighted by atomic mass is 10.1. The first-order chi connectivity index (χ1) is 9.24. The van der Waals surface area contributed by atoms with E-state index in [1.807, 2.05) is 54.6 Å². The highest BCUT2D eigenvalue weighted by Gasteiger charge is 1.91. The molecule has 0 atom stereocenters. The van der Waals surface area contributed by atoms with Crippen LogP contribution in [0.5, 0.6) is 0 Å². The molecule has 2 nitrogen and oxygen atoms in total. The third-order valence-electron chi connectivity index (χ3n) is 2.45. The summed E-state index contributed by atoms with van der Waals surface area (Å²) in [6.07, 6.45) is 3.01. The molecule has 0 fully saturated rings. The molecule has 0 heterocycles. The van der Waals surface area contributed by atoms with E-state index < -0.39 is 5.91 Å². The molecule has 2 rings (SSSR count). The van der Waals surface area contributed by atoms with Crippen molar-refractivity contribution in [2.24, 2.45) is 5.73 Å². The molecule has 0 aliphatic heterocycles. The van der Waals surface area contributed by atoms with E-state index >= 15 is 0 Å². The van der Waals surface area contributed by atoms with E-state index in [4.69, 9.17) is 5.73 Å². The van der Waals surface area contributed by atoms with Gasteiger partial charge >= 0.3 is 0 Å². The number of amides is 1. The number of hydrogen-bond donors (Lipinski definition) is 1. The maximum absolute atomic E-state index is 10.7. The largest absolute Gasteiger partial charge is 0.366 e. The minimum Gasteiger partial charge on any atom is -0.366 e. The van der Waals surface area contributed by atoms with Gasteiger partial charge in [0.05, 0.1) is 0 Å². The molecule has 0 saturated heterocycles. The van der Waals surface area contributed by atoms with Crippen molar-refractivity contribution in [3.05, 3.63) is 77.4 Å². The van der Waals surface area contributed by atoms with E-state index in [1.54, 1.807) is 6.08 Å². The first kappa shape index (κ1) is 12.7. The van der Waals surface area contributed by atoms with E-state index in [9.17, 15) is 4.79 Å². The molecule has 0 unspecified atom stereocenters. The lowest BCUT2D eigenvalue weighted by molar-refractivity contribution is -0.113. The number of primary amides is 1. The zero-order valence-corrected chi connectivity index (χ0v) is 10.3. The van der Waals surface area contributed by atoms with Gasteiger partial charge in [-0.1, -0.05) is 42.2 Å². The molecule has 2 N–H and O–H groups in total. The quantitative estimate of drug-likeness (QED) is 0.643. The molecule has 2 aromatic rings. The van der Waals surface area contributed by atoms with Crippen molar-refractivity contribution < 1.29 is 4.79 Å². The van der Waals surface area contributed by atoms with Crippen LogP contribution in [0.1, 0.15) is 16.7 Å². The average Bonchev–Trinajstić information content (AvgIpc) is 2.44. The van der Waals surface area contributed by atoms with Gasteiger partial charge in [0.15, 0.2) is 0 Å². The van der Waals surface area contributed by atoms with Gasteiger partial charge in [-0.05, 0) is 35.9 Å². The highest BCUT2D eigenvalue weighted by molar-refractivity contribution is 5.90. The van der Waals surface area contributed by atoms with Crippen molar-refractivity contribution in [3.63, 3.8) is 0 Å². The number of hydrogen-bond acceptors (Lipinski definition) is 1. The van der Waals surface area contributed by atoms with Crippen LogP contribution in [0.4, 0.5) is 0 Å². The van der Waals surface area contributed by atoms with Crippen LogP contribution in [-0.2, 0) is 4.79 Å². The Hall–Kier alpha value is -2.79. The van der Waals surface area contributed by atoms with E-state index in [-0.39, 0.29) is 0 Å². The predicted molar refractivity (Wildman–Crippen MR) is 77.1 cm³/mol. The highest BCUT2D eigenvalue weighted by Crippen LogP contribution is 2.06. The Morgan fingerprint density at radius 1 is 0.947 bits per heavy atom. The van der Waals surface area contributed by atoms with Crippen molar-refractivity contribution in [2.75, 3.05) is 0 Å². The summed E-state index contributed by atoms with van der Waals surface area (Å²) in [4.78, 5) is 10.7. The fourth-order valence-electron chi connectivity index (χ4n) is 1.56. The van der Waals surface area contributed by atoms with Crippen molar-refractivity contribution in [3.8, 4) is 11.8 Å². The predicted octanol–water partition coefficient (Wildman–Crippen LogP) is 2.58. The molecule has 1 amide bonds. The van der Waals surface area contributed by atoms with E-state index in [1.165, 1.54) is 6.08 Å². The molecule has 2 heteroatoms. The fraction of sp³-hybridized carbons (Fsp3) is 0. The number of rotatable bonds is 2. The van der Waals surface area contributed by atoms with Crippen LogP contribution in [0.25, 0.3) is 6.08 Å². The number of carbonyl (C=O) groups is 1. The summed E-state index contributed by atoms with van der Waals surface area (Å²) in [5.41, 5.74) is 7.83. The van der Waals surface area contributed by atoms with Gasteiger partial charge in [0.25, 0.3) is 0 Å². The second-order valence-corrected chi connectivity index (χ2v) is 3.98. The van der Waals surface area contributed by atoms with E-state index in [0.29, 0.717) is 0 Å². The molecular weight excluding hydrogens is 234 g/mol. The van der Waals surface area contributed by atoms with E-state index in [0.717, 1.165) is 16.7 Å². The molecule has 0 spiro atoms. The van der Waals surface area contributed by atoms with Gasteiger partial charge in [-0.2, -0.15) is 0 Å². The Bertz CT molecular complexity index is 660. The van der Waals surface area contributed by atoms with E-state index in [2.05, 4.69) is 11.8 Å². The van der Waals surface area contributed by atoms with Gasteiger partial charge < -0.3 is 5.73 Å². The van der Waals surface area contributed by atoms with Gasteiger partial charge in [0, 0.05) is 17.2 Å². The van der Waals surface area contributed by atoms with Crippen molar-refractivity contribution in [1.29, 1.82) is 0 Å². The number of benzene rings is 2. The van der Waals surface area contributed by atoms with Crippen LogP contribution in [0.3, 0.4) is 0 Å². The van der Waals surface area contributed by atoms with Crippen LogP contribution >= 0.6 is 0 Å².